The number of methoxy groups -OCH3 is 6. The fourth-order valence-electron chi connectivity index (χ4n) is 4.74. The molecule has 0 fully saturated rings. The van der Waals surface area contributed by atoms with Crippen molar-refractivity contribution in [3.63, 3.8) is 0 Å². The SMILES string of the molecule is COCOc1cc(OCOC)c(C(=O)/C=C/c2cc(OC)c3c(c2)OC(c2ccc(OCOC)c(OC)c2)C(CO)O3)c(OCOC)c1. The molecular weight excluding hydrogens is 632 g/mol. The first-order valence-electron chi connectivity index (χ1n) is 14.6. The van der Waals surface area contributed by atoms with Gasteiger partial charge in [-0.05, 0) is 35.9 Å². The molecule has 14 nitrogen and oxygen atoms in total. The number of allylic oxidation sites excluding steroid dienone is 1. The van der Waals surface area contributed by atoms with Crippen LogP contribution < -0.4 is 37.9 Å². The average molecular weight is 673 g/mol. The van der Waals surface area contributed by atoms with Crippen LogP contribution in [0.4, 0.5) is 0 Å². The van der Waals surface area contributed by atoms with Crippen molar-refractivity contribution in [1.29, 1.82) is 0 Å². The summed E-state index contributed by atoms with van der Waals surface area (Å²) in [5, 5.41) is 10.2. The Kier molecular flexibility index (Phi) is 13.5. The molecule has 1 aliphatic heterocycles. The van der Waals surface area contributed by atoms with E-state index in [-0.39, 0.29) is 50.8 Å². The summed E-state index contributed by atoms with van der Waals surface area (Å²) in [5.74, 6) is 2.13. The van der Waals surface area contributed by atoms with E-state index in [4.69, 9.17) is 56.8 Å². The molecule has 1 N–H and O–H groups in total. The van der Waals surface area contributed by atoms with E-state index >= 15 is 0 Å². The smallest absolute Gasteiger partial charge is 0.204 e. The van der Waals surface area contributed by atoms with Crippen LogP contribution in [0.3, 0.4) is 0 Å². The highest BCUT2D eigenvalue weighted by atomic mass is 16.7. The number of aliphatic hydroxyl groups excluding tert-OH is 1. The van der Waals surface area contributed by atoms with Crippen LogP contribution in [-0.4, -0.2) is 93.4 Å². The van der Waals surface area contributed by atoms with Crippen molar-refractivity contribution in [2.45, 2.75) is 12.2 Å². The van der Waals surface area contributed by atoms with Crippen molar-refractivity contribution < 1.29 is 66.7 Å². The van der Waals surface area contributed by atoms with Gasteiger partial charge in [0.2, 0.25) is 5.75 Å². The minimum absolute atomic E-state index is 0.0336. The fourth-order valence-corrected chi connectivity index (χ4v) is 4.74. The molecule has 4 rings (SSSR count). The largest absolute Gasteiger partial charge is 0.493 e. The van der Waals surface area contributed by atoms with Crippen molar-refractivity contribution in [2.24, 2.45) is 0 Å². The lowest BCUT2D eigenvalue weighted by Gasteiger charge is -2.34. The number of hydrogen-bond donors (Lipinski definition) is 1. The van der Waals surface area contributed by atoms with Crippen LogP contribution in [0, 0.1) is 0 Å². The summed E-state index contributed by atoms with van der Waals surface area (Å²) in [6.45, 7) is -0.601. The molecule has 1 heterocycles. The number of carbonyl (C=O) groups is 1. The predicted octanol–water partition coefficient (Wildman–Crippen LogP) is 4.40. The Labute approximate surface area is 278 Å². The van der Waals surface area contributed by atoms with Crippen LogP contribution in [0.2, 0.25) is 0 Å². The van der Waals surface area contributed by atoms with Crippen LogP contribution in [0.5, 0.6) is 46.0 Å². The Bertz CT molecular complexity index is 1510. The molecule has 0 bridgehead atoms. The Hall–Kier alpha value is -4.73. The molecule has 0 amide bonds. The van der Waals surface area contributed by atoms with E-state index in [1.54, 1.807) is 36.4 Å². The molecule has 48 heavy (non-hydrogen) atoms. The summed E-state index contributed by atoms with van der Waals surface area (Å²) < 4.78 is 66.3. The molecule has 1 aliphatic rings. The molecule has 2 unspecified atom stereocenters. The van der Waals surface area contributed by atoms with Gasteiger partial charge in [-0.15, -0.1) is 0 Å². The van der Waals surface area contributed by atoms with Gasteiger partial charge < -0.3 is 61.9 Å². The van der Waals surface area contributed by atoms with E-state index in [9.17, 15) is 9.90 Å². The third-order valence-corrected chi connectivity index (χ3v) is 6.87. The third kappa shape index (κ3) is 8.79. The zero-order chi connectivity index (χ0) is 34.5. The normalized spacial score (nSPS) is 15.2. The summed E-state index contributed by atoms with van der Waals surface area (Å²) in [7, 11) is 8.92. The van der Waals surface area contributed by atoms with Crippen LogP contribution in [-0.2, 0) is 18.9 Å². The summed E-state index contributed by atoms with van der Waals surface area (Å²) in [6, 6.07) is 11.7. The van der Waals surface area contributed by atoms with Crippen molar-refractivity contribution >= 4 is 11.9 Å². The summed E-state index contributed by atoms with van der Waals surface area (Å²) in [6.07, 6.45) is 1.45. The number of carbonyl (C=O) groups excluding carboxylic acids is 1. The lowest BCUT2D eigenvalue weighted by Crippen LogP contribution is -2.36. The van der Waals surface area contributed by atoms with Crippen LogP contribution >= 0.6 is 0 Å². The van der Waals surface area contributed by atoms with Crippen LogP contribution in [0.15, 0.2) is 48.5 Å². The predicted molar refractivity (Wildman–Crippen MR) is 171 cm³/mol. The highest BCUT2D eigenvalue weighted by Crippen LogP contribution is 2.47. The molecule has 0 radical (unpaired) electrons. The molecule has 14 heteroatoms. The second-order valence-electron chi connectivity index (χ2n) is 10.0. The zero-order valence-corrected chi connectivity index (χ0v) is 27.6. The fraction of sp³-hybridized carbons (Fsp3) is 0.382. The lowest BCUT2D eigenvalue weighted by atomic mass is 10.0. The van der Waals surface area contributed by atoms with Gasteiger partial charge in [0, 0.05) is 46.1 Å². The van der Waals surface area contributed by atoms with Gasteiger partial charge in [0.05, 0.1) is 20.8 Å². The topological polar surface area (TPSA) is 148 Å². The van der Waals surface area contributed by atoms with Crippen molar-refractivity contribution in [2.75, 3.05) is 76.4 Å². The Morgan fingerprint density at radius 1 is 0.708 bits per heavy atom. The summed E-state index contributed by atoms with van der Waals surface area (Å²) >= 11 is 0. The first kappa shape index (κ1) is 36.1. The van der Waals surface area contributed by atoms with Crippen molar-refractivity contribution in [1.82, 2.24) is 0 Å². The summed E-state index contributed by atoms with van der Waals surface area (Å²) in [5.41, 5.74) is 1.34. The monoisotopic (exact) mass is 672 g/mol. The molecule has 3 aromatic carbocycles. The van der Waals surface area contributed by atoms with Gasteiger partial charge in [-0.2, -0.15) is 0 Å². The van der Waals surface area contributed by atoms with E-state index in [1.165, 1.54) is 60.9 Å². The van der Waals surface area contributed by atoms with E-state index < -0.39 is 18.0 Å². The molecule has 0 saturated carbocycles. The lowest BCUT2D eigenvalue weighted by molar-refractivity contribution is -0.0142. The second kappa shape index (κ2) is 18.0. The number of rotatable bonds is 19. The molecule has 260 valence electrons. The molecule has 0 aromatic heterocycles. The zero-order valence-electron chi connectivity index (χ0n) is 27.6. The van der Waals surface area contributed by atoms with E-state index in [2.05, 4.69) is 0 Å². The molecule has 2 atom stereocenters. The van der Waals surface area contributed by atoms with Gasteiger partial charge in [0.1, 0.15) is 22.8 Å². The van der Waals surface area contributed by atoms with Crippen LogP contribution in [0.25, 0.3) is 6.08 Å². The van der Waals surface area contributed by atoms with Gasteiger partial charge in [0.25, 0.3) is 0 Å². The van der Waals surface area contributed by atoms with Gasteiger partial charge in [0.15, 0.2) is 68.2 Å². The average Bonchev–Trinajstić information content (AvgIpc) is 3.12. The maximum atomic E-state index is 13.7. The number of hydrogen-bond acceptors (Lipinski definition) is 14. The van der Waals surface area contributed by atoms with Gasteiger partial charge in [-0.3, -0.25) is 4.79 Å². The molecule has 0 aliphatic carbocycles. The number of aliphatic hydroxyl groups is 1. The standard InChI is InChI=1S/C34H40O14/c1-37-17-43-23-14-27(45-19-39-3)32(28(15-23)46-20-40-4)24(36)9-7-21-11-29(42-6)34-30(12-21)47-33(31(16-35)48-34)22-8-10-25(44-18-38-2)26(13-22)41-5/h7-15,31,33,35H,16-20H2,1-6H3/b9-7+. The van der Waals surface area contributed by atoms with Crippen LogP contribution in [0.1, 0.15) is 27.6 Å². The number of ketones is 1. The number of ether oxygens (including phenoxy) is 12. The Morgan fingerprint density at radius 3 is 1.90 bits per heavy atom. The van der Waals surface area contributed by atoms with E-state index in [0.29, 0.717) is 45.6 Å². The number of fused-ring (bicyclic) bond motifs is 1. The second-order valence-corrected chi connectivity index (χ2v) is 10.0. The Morgan fingerprint density at radius 2 is 1.31 bits per heavy atom. The van der Waals surface area contributed by atoms with Gasteiger partial charge in [-0.25, -0.2) is 0 Å². The molecule has 3 aromatic rings. The quantitative estimate of drug-likeness (QED) is 0.109. The maximum absolute atomic E-state index is 13.7. The minimum atomic E-state index is -0.767. The third-order valence-electron chi connectivity index (χ3n) is 6.87. The summed E-state index contributed by atoms with van der Waals surface area (Å²) in [4.78, 5) is 13.7. The highest BCUT2D eigenvalue weighted by molar-refractivity contribution is 6.10. The Balaban J connectivity index is 1.68. The highest BCUT2D eigenvalue weighted by Gasteiger charge is 2.35. The van der Waals surface area contributed by atoms with E-state index in [0.717, 1.165) is 0 Å². The first-order valence-corrected chi connectivity index (χ1v) is 14.6. The molecular formula is C34H40O14. The van der Waals surface area contributed by atoms with E-state index in [1.807, 2.05) is 0 Å². The van der Waals surface area contributed by atoms with Gasteiger partial charge >= 0.3 is 0 Å². The first-order chi connectivity index (χ1) is 23.4. The minimum Gasteiger partial charge on any atom is -0.493 e. The van der Waals surface area contributed by atoms with Gasteiger partial charge in [-0.1, -0.05) is 12.1 Å². The van der Waals surface area contributed by atoms with Crippen molar-refractivity contribution in [3.8, 4) is 46.0 Å². The molecule has 0 saturated heterocycles. The molecule has 0 spiro atoms. The number of benzene rings is 3. The maximum Gasteiger partial charge on any atom is 0.204 e. The van der Waals surface area contributed by atoms with Crippen molar-refractivity contribution in [3.05, 3.63) is 65.2 Å².